The Morgan fingerprint density at radius 2 is 2.21 bits per heavy atom. The number of carbonyl (C=O) groups is 1. The SMILES string of the molecule is [2H]Cc1ccc(C[C@H](N)C(=O)OC)cc1. The van der Waals surface area contributed by atoms with Crippen LogP contribution in [0.2, 0.25) is 0 Å². The number of methoxy groups -OCH3 is 1. The van der Waals surface area contributed by atoms with E-state index in [1.54, 1.807) is 0 Å². The van der Waals surface area contributed by atoms with E-state index in [1.807, 2.05) is 24.3 Å². The molecule has 1 atom stereocenters. The number of esters is 1. The molecule has 0 aliphatic rings. The summed E-state index contributed by atoms with van der Waals surface area (Å²) in [7, 11) is 1.32. The third kappa shape index (κ3) is 2.85. The highest BCUT2D eigenvalue weighted by molar-refractivity contribution is 5.75. The lowest BCUT2D eigenvalue weighted by Gasteiger charge is -2.08. The van der Waals surface area contributed by atoms with Gasteiger partial charge in [-0.25, -0.2) is 0 Å². The molecule has 0 saturated heterocycles. The average molecular weight is 194 g/mol. The van der Waals surface area contributed by atoms with Crippen molar-refractivity contribution in [3.05, 3.63) is 35.4 Å². The molecule has 2 N–H and O–H groups in total. The standard InChI is InChI=1S/C11H15NO2/c1-8-3-5-9(6-4-8)7-10(12)11(13)14-2/h3-6,10H,7,12H2,1-2H3/t10-/m0/s1/i1D. The Balaban J connectivity index is 2.60. The molecule has 0 radical (unpaired) electrons. The van der Waals surface area contributed by atoms with Gasteiger partial charge in [-0.3, -0.25) is 4.79 Å². The molecule has 0 aromatic heterocycles. The van der Waals surface area contributed by atoms with Crippen LogP contribution in [-0.2, 0) is 16.0 Å². The molecule has 0 aliphatic heterocycles. The molecule has 3 nitrogen and oxygen atoms in total. The average Bonchev–Trinajstić information content (AvgIpc) is 2.29. The van der Waals surface area contributed by atoms with Gasteiger partial charge < -0.3 is 10.5 Å². The summed E-state index contributed by atoms with van der Waals surface area (Å²) in [6, 6.07) is 6.88. The van der Waals surface area contributed by atoms with Gasteiger partial charge in [0, 0.05) is 1.37 Å². The fraction of sp³-hybridized carbons (Fsp3) is 0.364. The van der Waals surface area contributed by atoms with Crippen molar-refractivity contribution in [1.82, 2.24) is 0 Å². The Morgan fingerprint density at radius 3 is 2.71 bits per heavy atom. The molecular weight excluding hydrogens is 178 g/mol. The highest BCUT2D eigenvalue weighted by Crippen LogP contribution is 2.05. The maximum atomic E-state index is 11.1. The van der Waals surface area contributed by atoms with Gasteiger partial charge in [0.1, 0.15) is 6.04 Å². The number of carbonyl (C=O) groups excluding carboxylic acids is 1. The van der Waals surface area contributed by atoms with Crippen LogP contribution in [-0.4, -0.2) is 19.1 Å². The second-order valence-electron chi connectivity index (χ2n) is 3.15. The highest BCUT2D eigenvalue weighted by Gasteiger charge is 2.13. The Kier molecular flexibility index (Phi) is 3.14. The summed E-state index contributed by atoms with van der Waals surface area (Å²) in [5.41, 5.74) is 7.55. The highest BCUT2D eigenvalue weighted by atomic mass is 16.5. The van der Waals surface area contributed by atoms with Crippen molar-refractivity contribution in [2.24, 2.45) is 5.73 Å². The zero-order valence-electron chi connectivity index (χ0n) is 9.19. The van der Waals surface area contributed by atoms with Gasteiger partial charge in [-0.2, -0.15) is 0 Å². The maximum Gasteiger partial charge on any atom is 0.322 e. The van der Waals surface area contributed by atoms with Gasteiger partial charge in [0.25, 0.3) is 0 Å². The van der Waals surface area contributed by atoms with Crippen molar-refractivity contribution in [2.45, 2.75) is 19.4 Å². The van der Waals surface area contributed by atoms with Gasteiger partial charge in [-0.1, -0.05) is 29.8 Å². The smallest absolute Gasteiger partial charge is 0.322 e. The third-order valence-corrected chi connectivity index (χ3v) is 1.98. The number of ether oxygens (including phenoxy) is 1. The first-order valence-electron chi connectivity index (χ1n) is 5.08. The zero-order chi connectivity index (χ0) is 11.3. The van der Waals surface area contributed by atoms with E-state index in [4.69, 9.17) is 7.10 Å². The molecule has 0 heterocycles. The number of rotatable bonds is 3. The molecule has 3 heteroatoms. The number of aryl methyl sites for hydroxylation is 1. The van der Waals surface area contributed by atoms with Crippen molar-refractivity contribution < 1.29 is 10.9 Å². The quantitative estimate of drug-likeness (QED) is 0.731. The van der Waals surface area contributed by atoms with Gasteiger partial charge in [0.2, 0.25) is 0 Å². The van der Waals surface area contributed by atoms with Crippen LogP contribution in [0.25, 0.3) is 0 Å². The molecule has 1 rings (SSSR count). The topological polar surface area (TPSA) is 52.3 Å². The first kappa shape index (κ1) is 9.21. The van der Waals surface area contributed by atoms with E-state index in [0.717, 1.165) is 11.1 Å². The summed E-state index contributed by atoms with van der Waals surface area (Å²) < 4.78 is 11.7. The van der Waals surface area contributed by atoms with E-state index >= 15 is 0 Å². The fourth-order valence-electron chi connectivity index (χ4n) is 1.16. The molecule has 0 aliphatic carbocycles. The maximum absolute atomic E-state index is 11.1. The van der Waals surface area contributed by atoms with Crippen LogP contribution >= 0.6 is 0 Å². The largest absolute Gasteiger partial charge is 0.468 e. The summed E-state index contributed by atoms with van der Waals surface area (Å²) in [5.74, 6) is -0.403. The monoisotopic (exact) mass is 194 g/mol. The van der Waals surface area contributed by atoms with Crippen LogP contribution in [0.1, 0.15) is 12.5 Å². The summed E-state index contributed by atoms with van der Waals surface area (Å²) in [6.45, 7) is 0.267. The van der Waals surface area contributed by atoms with Gasteiger partial charge in [0.05, 0.1) is 7.11 Å². The van der Waals surface area contributed by atoms with Crippen molar-refractivity contribution in [3.8, 4) is 0 Å². The molecule has 0 fully saturated rings. The molecule has 0 spiro atoms. The van der Waals surface area contributed by atoms with Gasteiger partial charge in [-0.15, -0.1) is 0 Å². The minimum absolute atomic E-state index is 0.267. The normalized spacial score (nSPS) is 13.1. The lowest BCUT2D eigenvalue weighted by atomic mass is 10.1. The molecule has 0 unspecified atom stereocenters. The van der Waals surface area contributed by atoms with Crippen LogP contribution in [0.15, 0.2) is 24.3 Å². The van der Waals surface area contributed by atoms with Crippen LogP contribution in [0.4, 0.5) is 0 Å². The molecule has 0 bridgehead atoms. The van der Waals surface area contributed by atoms with E-state index in [2.05, 4.69) is 4.74 Å². The van der Waals surface area contributed by atoms with E-state index in [1.165, 1.54) is 7.11 Å². The first-order valence-corrected chi connectivity index (χ1v) is 4.38. The lowest BCUT2D eigenvalue weighted by molar-refractivity contribution is -0.142. The number of hydrogen-bond donors (Lipinski definition) is 1. The van der Waals surface area contributed by atoms with E-state index in [-0.39, 0.29) is 6.90 Å². The predicted molar refractivity (Wildman–Crippen MR) is 54.9 cm³/mol. The molecule has 0 saturated carbocycles. The van der Waals surface area contributed by atoms with Gasteiger partial charge >= 0.3 is 5.97 Å². The van der Waals surface area contributed by atoms with Crippen LogP contribution in [0.3, 0.4) is 0 Å². The molecule has 76 valence electrons. The lowest BCUT2D eigenvalue weighted by Crippen LogP contribution is -2.33. The Hall–Kier alpha value is -1.35. The Bertz CT molecular complexity index is 324. The van der Waals surface area contributed by atoms with E-state index < -0.39 is 12.0 Å². The summed E-state index contributed by atoms with van der Waals surface area (Å²) in [4.78, 5) is 11.1. The predicted octanol–water partition coefficient (Wildman–Crippen LogP) is 1.04. The Morgan fingerprint density at radius 1 is 1.57 bits per heavy atom. The van der Waals surface area contributed by atoms with Gasteiger partial charge in [0.15, 0.2) is 0 Å². The van der Waals surface area contributed by atoms with Crippen molar-refractivity contribution in [2.75, 3.05) is 7.11 Å². The fourth-order valence-corrected chi connectivity index (χ4v) is 1.16. The number of nitrogens with two attached hydrogens (primary N) is 1. The van der Waals surface area contributed by atoms with Crippen LogP contribution in [0.5, 0.6) is 0 Å². The summed E-state index contributed by atoms with van der Waals surface area (Å²) in [5, 5.41) is 0. The molecular formula is C11H15NO2. The van der Waals surface area contributed by atoms with Crippen LogP contribution < -0.4 is 5.73 Å². The third-order valence-electron chi connectivity index (χ3n) is 1.98. The number of hydrogen-bond acceptors (Lipinski definition) is 3. The minimum Gasteiger partial charge on any atom is -0.468 e. The molecule has 14 heavy (non-hydrogen) atoms. The second kappa shape index (κ2) is 4.77. The van der Waals surface area contributed by atoms with Gasteiger partial charge in [-0.05, 0) is 18.9 Å². The molecule has 1 aromatic rings. The van der Waals surface area contributed by atoms with Crippen molar-refractivity contribution in [1.29, 1.82) is 0 Å². The summed E-state index contributed by atoms with van der Waals surface area (Å²) in [6.07, 6.45) is 0.463. The van der Waals surface area contributed by atoms with Crippen molar-refractivity contribution in [3.63, 3.8) is 0 Å². The van der Waals surface area contributed by atoms with E-state index in [0.29, 0.717) is 6.42 Å². The zero-order valence-corrected chi connectivity index (χ0v) is 8.19. The van der Waals surface area contributed by atoms with E-state index in [9.17, 15) is 4.79 Å². The van der Waals surface area contributed by atoms with Crippen molar-refractivity contribution >= 4 is 5.97 Å². The molecule has 0 amide bonds. The molecule has 1 aromatic carbocycles. The second-order valence-corrected chi connectivity index (χ2v) is 3.15. The summed E-state index contributed by atoms with van der Waals surface area (Å²) >= 11 is 0. The van der Waals surface area contributed by atoms with Crippen LogP contribution in [0, 0.1) is 6.90 Å². The Labute approximate surface area is 85.3 Å². The minimum atomic E-state index is -0.614. The number of benzene rings is 1. The first-order chi connectivity index (χ1) is 7.17.